The highest BCUT2D eigenvalue weighted by Gasteiger charge is 2.27. The Balaban J connectivity index is 1.59. The van der Waals surface area contributed by atoms with Gasteiger partial charge in [0, 0.05) is 25.6 Å². The van der Waals surface area contributed by atoms with Gasteiger partial charge in [-0.1, -0.05) is 5.16 Å². The highest BCUT2D eigenvalue weighted by Crippen LogP contribution is 2.20. The predicted molar refractivity (Wildman–Crippen MR) is 87.6 cm³/mol. The van der Waals surface area contributed by atoms with Crippen LogP contribution in [0.3, 0.4) is 0 Å². The highest BCUT2D eigenvalue weighted by molar-refractivity contribution is 5.94. The van der Waals surface area contributed by atoms with Gasteiger partial charge < -0.3 is 19.9 Å². The summed E-state index contributed by atoms with van der Waals surface area (Å²) in [6.07, 6.45) is 1.52. The van der Waals surface area contributed by atoms with Crippen LogP contribution in [0.2, 0.25) is 0 Å². The van der Waals surface area contributed by atoms with Gasteiger partial charge in [-0.05, 0) is 37.1 Å². The summed E-state index contributed by atoms with van der Waals surface area (Å²) in [4.78, 5) is 29.6. The van der Waals surface area contributed by atoms with E-state index in [9.17, 15) is 9.59 Å². The molecule has 0 radical (unpaired) electrons. The van der Waals surface area contributed by atoms with Crippen molar-refractivity contribution in [3.63, 3.8) is 0 Å². The van der Waals surface area contributed by atoms with Crippen molar-refractivity contribution in [1.82, 2.24) is 15.0 Å². The number of aromatic nitrogens is 2. The standard InChI is InChI=1S/C17H20N4O4/c1-11-19-15(20-25-11)10-24-14-6-4-12(5-7-14)17(23)21-8-2-3-13(9-21)16(18)22/h4-7,13H,2-3,8-10H2,1H3,(H2,18,22)/t13-/m0/s1. The fourth-order valence-corrected chi connectivity index (χ4v) is 2.82. The summed E-state index contributed by atoms with van der Waals surface area (Å²) >= 11 is 0. The third kappa shape index (κ3) is 4.14. The SMILES string of the molecule is Cc1nc(COc2ccc(C(=O)N3CCC[C@H](C(N)=O)C3)cc2)no1. The van der Waals surface area contributed by atoms with Crippen molar-refractivity contribution in [2.24, 2.45) is 11.7 Å². The second kappa shape index (κ2) is 7.33. The normalized spacial score (nSPS) is 17.3. The van der Waals surface area contributed by atoms with Crippen molar-refractivity contribution in [1.29, 1.82) is 0 Å². The van der Waals surface area contributed by atoms with Gasteiger partial charge >= 0.3 is 0 Å². The Kier molecular flexibility index (Phi) is 4.97. The number of amides is 2. The van der Waals surface area contributed by atoms with Gasteiger partial charge in [0.15, 0.2) is 6.61 Å². The van der Waals surface area contributed by atoms with Crippen molar-refractivity contribution in [2.45, 2.75) is 26.4 Å². The smallest absolute Gasteiger partial charge is 0.253 e. The Morgan fingerprint density at radius 3 is 2.76 bits per heavy atom. The first kappa shape index (κ1) is 16.9. The van der Waals surface area contributed by atoms with E-state index in [1.165, 1.54) is 0 Å². The number of aryl methyl sites for hydroxylation is 1. The number of rotatable bonds is 5. The first-order chi connectivity index (χ1) is 12.0. The van der Waals surface area contributed by atoms with Crippen molar-refractivity contribution in [2.75, 3.05) is 13.1 Å². The lowest BCUT2D eigenvalue weighted by atomic mass is 9.97. The molecule has 2 heterocycles. The van der Waals surface area contributed by atoms with E-state index in [4.69, 9.17) is 15.0 Å². The van der Waals surface area contributed by atoms with E-state index in [0.717, 1.165) is 12.8 Å². The molecule has 2 amide bonds. The molecule has 8 heteroatoms. The molecule has 1 atom stereocenters. The maximum Gasteiger partial charge on any atom is 0.253 e. The Morgan fingerprint density at radius 2 is 2.12 bits per heavy atom. The number of carbonyl (C=O) groups excluding carboxylic acids is 2. The van der Waals surface area contributed by atoms with Crippen LogP contribution < -0.4 is 10.5 Å². The maximum atomic E-state index is 12.6. The van der Waals surface area contributed by atoms with Crippen molar-refractivity contribution in [3.8, 4) is 5.75 Å². The zero-order valence-corrected chi connectivity index (χ0v) is 14.0. The molecular formula is C17H20N4O4. The Labute approximate surface area is 144 Å². The number of nitrogens with two attached hydrogens (primary N) is 1. The Morgan fingerprint density at radius 1 is 1.36 bits per heavy atom. The van der Waals surface area contributed by atoms with Crippen molar-refractivity contribution in [3.05, 3.63) is 41.5 Å². The van der Waals surface area contributed by atoms with E-state index < -0.39 is 0 Å². The molecule has 3 rings (SSSR count). The minimum absolute atomic E-state index is 0.105. The van der Waals surface area contributed by atoms with Gasteiger partial charge in [-0.3, -0.25) is 9.59 Å². The quantitative estimate of drug-likeness (QED) is 0.875. The van der Waals surface area contributed by atoms with E-state index in [2.05, 4.69) is 10.1 Å². The van der Waals surface area contributed by atoms with Crippen molar-refractivity contribution < 1.29 is 18.8 Å². The fourth-order valence-electron chi connectivity index (χ4n) is 2.82. The number of ether oxygens (including phenoxy) is 1. The zero-order valence-electron chi connectivity index (χ0n) is 14.0. The molecule has 0 unspecified atom stereocenters. The molecule has 1 fully saturated rings. The third-order valence-electron chi connectivity index (χ3n) is 4.15. The predicted octanol–water partition coefficient (Wildman–Crippen LogP) is 1.29. The molecule has 1 saturated heterocycles. The second-order valence-corrected chi connectivity index (χ2v) is 6.04. The molecule has 2 N–H and O–H groups in total. The van der Waals surface area contributed by atoms with Crippen LogP contribution in [-0.4, -0.2) is 39.9 Å². The molecule has 0 spiro atoms. The number of hydrogen-bond donors (Lipinski definition) is 1. The molecule has 132 valence electrons. The van der Waals surface area contributed by atoms with Gasteiger partial charge in [0.05, 0.1) is 5.92 Å². The number of piperidine rings is 1. The van der Waals surface area contributed by atoms with Gasteiger partial charge in [0.25, 0.3) is 5.91 Å². The summed E-state index contributed by atoms with van der Waals surface area (Å²) in [5.74, 6) is 0.828. The molecule has 1 aromatic heterocycles. The maximum absolute atomic E-state index is 12.6. The van der Waals surface area contributed by atoms with Gasteiger partial charge in [-0.2, -0.15) is 4.98 Å². The summed E-state index contributed by atoms with van der Waals surface area (Å²) in [6, 6.07) is 6.84. The average molecular weight is 344 g/mol. The lowest BCUT2D eigenvalue weighted by molar-refractivity contribution is -0.123. The number of carbonyl (C=O) groups is 2. The molecule has 1 aliphatic rings. The zero-order chi connectivity index (χ0) is 17.8. The summed E-state index contributed by atoms with van der Waals surface area (Å²) in [5.41, 5.74) is 5.91. The monoisotopic (exact) mass is 344 g/mol. The second-order valence-electron chi connectivity index (χ2n) is 6.04. The van der Waals surface area contributed by atoms with Crippen LogP contribution in [0.1, 0.15) is 34.9 Å². The molecule has 2 aromatic rings. The Hall–Kier alpha value is -2.90. The molecule has 1 aromatic carbocycles. The topological polar surface area (TPSA) is 112 Å². The lowest BCUT2D eigenvalue weighted by Crippen LogP contribution is -2.44. The largest absolute Gasteiger partial charge is 0.485 e. The van der Waals surface area contributed by atoms with E-state index in [1.807, 2.05) is 0 Å². The first-order valence-electron chi connectivity index (χ1n) is 8.13. The lowest BCUT2D eigenvalue weighted by Gasteiger charge is -2.31. The van der Waals surface area contributed by atoms with Crippen LogP contribution in [0.5, 0.6) is 5.75 Å². The number of hydrogen-bond acceptors (Lipinski definition) is 6. The molecule has 0 saturated carbocycles. The van der Waals surface area contributed by atoms with Gasteiger partial charge in [0.1, 0.15) is 5.75 Å². The highest BCUT2D eigenvalue weighted by atomic mass is 16.5. The minimum atomic E-state index is -0.349. The molecular weight excluding hydrogens is 324 g/mol. The van der Waals surface area contributed by atoms with Gasteiger partial charge in [-0.15, -0.1) is 0 Å². The average Bonchev–Trinajstić information content (AvgIpc) is 3.05. The van der Waals surface area contributed by atoms with Crippen LogP contribution in [-0.2, 0) is 11.4 Å². The molecule has 8 nitrogen and oxygen atoms in total. The molecule has 0 aliphatic carbocycles. The van der Waals surface area contributed by atoms with Crippen LogP contribution in [0.15, 0.2) is 28.8 Å². The number of benzene rings is 1. The molecule has 25 heavy (non-hydrogen) atoms. The van der Waals surface area contributed by atoms with E-state index in [0.29, 0.717) is 36.1 Å². The fraction of sp³-hybridized carbons (Fsp3) is 0.412. The summed E-state index contributed by atoms with van der Waals surface area (Å²) < 4.78 is 10.4. The number of primary amides is 1. The summed E-state index contributed by atoms with van der Waals surface area (Å²) in [7, 11) is 0. The third-order valence-corrected chi connectivity index (χ3v) is 4.15. The van der Waals surface area contributed by atoms with Crippen LogP contribution in [0.25, 0.3) is 0 Å². The van der Waals surface area contributed by atoms with E-state index >= 15 is 0 Å². The van der Waals surface area contributed by atoms with Gasteiger partial charge in [0.2, 0.25) is 17.6 Å². The summed E-state index contributed by atoms with van der Waals surface area (Å²) in [6.45, 7) is 2.92. The van der Waals surface area contributed by atoms with Gasteiger partial charge in [-0.25, -0.2) is 0 Å². The summed E-state index contributed by atoms with van der Waals surface area (Å²) in [5, 5.41) is 3.75. The molecule has 1 aliphatic heterocycles. The van der Waals surface area contributed by atoms with Crippen LogP contribution in [0.4, 0.5) is 0 Å². The first-order valence-corrected chi connectivity index (χ1v) is 8.13. The van der Waals surface area contributed by atoms with Crippen molar-refractivity contribution >= 4 is 11.8 Å². The van der Waals surface area contributed by atoms with E-state index in [1.54, 1.807) is 36.1 Å². The minimum Gasteiger partial charge on any atom is -0.485 e. The van der Waals surface area contributed by atoms with E-state index in [-0.39, 0.29) is 24.3 Å². The van der Waals surface area contributed by atoms with Crippen LogP contribution in [0, 0.1) is 12.8 Å². The van der Waals surface area contributed by atoms with Crippen LogP contribution >= 0.6 is 0 Å². The number of nitrogens with zero attached hydrogens (tertiary/aromatic N) is 3. The Bertz CT molecular complexity index is 756. The number of likely N-dealkylation sites (tertiary alicyclic amines) is 1. The molecule has 0 bridgehead atoms.